The number of H-pyrrole nitrogens is 1. The molecular weight excluding hydrogens is 548 g/mol. The molecule has 1 aliphatic rings. The third kappa shape index (κ3) is 5.55. The summed E-state index contributed by atoms with van der Waals surface area (Å²) < 4.78 is 8.10. The number of carbonyl (C=O) groups is 2. The van der Waals surface area contributed by atoms with Crippen molar-refractivity contribution in [2.75, 3.05) is 13.6 Å². The number of aryl methyl sites for hydroxylation is 1. The topological polar surface area (TPSA) is 113 Å². The minimum absolute atomic E-state index is 0.0152. The van der Waals surface area contributed by atoms with Crippen LogP contribution in [0.3, 0.4) is 0 Å². The van der Waals surface area contributed by atoms with Crippen molar-refractivity contribution >= 4 is 51.0 Å². The lowest BCUT2D eigenvalue weighted by Crippen LogP contribution is -2.47. The van der Waals surface area contributed by atoms with E-state index in [1.807, 2.05) is 61.5 Å². The fourth-order valence-corrected chi connectivity index (χ4v) is 6.82. The molecule has 0 saturated heterocycles. The molecule has 2 atom stereocenters. The number of pyridine rings is 1. The zero-order chi connectivity index (χ0) is 29.2. The van der Waals surface area contributed by atoms with Crippen LogP contribution in [0, 0.1) is 6.92 Å². The van der Waals surface area contributed by atoms with Crippen molar-refractivity contribution in [3.63, 3.8) is 0 Å². The highest BCUT2D eigenvalue weighted by atomic mass is 32.1. The zero-order valence-electron chi connectivity index (χ0n) is 23.7. The minimum atomic E-state index is -0.140. The van der Waals surface area contributed by atoms with Gasteiger partial charge in [-0.2, -0.15) is 0 Å². The van der Waals surface area contributed by atoms with E-state index in [1.54, 1.807) is 13.2 Å². The molecule has 0 spiro atoms. The minimum Gasteiger partial charge on any atom is -0.457 e. The van der Waals surface area contributed by atoms with E-state index in [4.69, 9.17) is 4.74 Å². The molecule has 3 heterocycles. The first-order chi connectivity index (χ1) is 20.4. The van der Waals surface area contributed by atoms with E-state index in [9.17, 15) is 9.59 Å². The summed E-state index contributed by atoms with van der Waals surface area (Å²) in [7, 11) is 1.75. The molecule has 42 heavy (non-hydrogen) atoms. The van der Waals surface area contributed by atoms with E-state index >= 15 is 0 Å². The number of nitrogens with one attached hydrogen (secondary N) is 4. The van der Waals surface area contributed by atoms with E-state index in [1.165, 1.54) is 11.3 Å². The summed E-state index contributed by atoms with van der Waals surface area (Å²) in [6.07, 6.45) is 5.22. The van der Waals surface area contributed by atoms with Gasteiger partial charge in [0.25, 0.3) is 5.91 Å². The fourth-order valence-electron chi connectivity index (χ4n) is 5.80. The predicted octanol–water partition coefficient (Wildman–Crippen LogP) is 4.74. The molecule has 1 unspecified atom stereocenters. The van der Waals surface area contributed by atoms with E-state index in [0.29, 0.717) is 16.8 Å². The Morgan fingerprint density at radius 2 is 1.88 bits per heavy atom. The third-order valence-corrected chi connectivity index (χ3v) is 8.75. The first kappa shape index (κ1) is 27.7. The first-order valence-electron chi connectivity index (χ1n) is 14.2. The number of benzene rings is 2. The fraction of sp³-hybridized carbons (Fsp3) is 0.281. The number of hydrogen-bond acceptors (Lipinski definition) is 6. The number of nitrogens with zero attached hydrogens (tertiary/aromatic N) is 2. The average Bonchev–Trinajstić information content (AvgIpc) is 3.34. The molecular formula is C32H34N6O3S. The SMILES string of the molecule is C=c1[nH]c2c(C(=O)N[C@H]3CCCC(NC(=O)CNC)C3)sc3nccc(c32)n1-c1ccc(Oc2ccccc2)cc1C. The van der Waals surface area contributed by atoms with E-state index in [-0.39, 0.29) is 30.4 Å². The number of rotatable bonds is 8. The number of carbonyl (C=O) groups excluding carboxylic acids is 2. The molecule has 0 bridgehead atoms. The van der Waals surface area contributed by atoms with Gasteiger partial charge in [-0.3, -0.25) is 14.2 Å². The van der Waals surface area contributed by atoms with Crippen LogP contribution in [0.15, 0.2) is 60.8 Å². The molecule has 1 fully saturated rings. The molecule has 5 aromatic rings. The van der Waals surface area contributed by atoms with Gasteiger partial charge in [0.15, 0.2) is 0 Å². The Balaban J connectivity index is 1.29. The predicted molar refractivity (Wildman–Crippen MR) is 167 cm³/mol. The third-order valence-electron chi connectivity index (χ3n) is 7.66. The number of amides is 2. The Morgan fingerprint density at radius 3 is 2.64 bits per heavy atom. The van der Waals surface area contributed by atoms with Crippen LogP contribution in [0.25, 0.3) is 33.5 Å². The van der Waals surface area contributed by atoms with Crippen molar-refractivity contribution in [2.45, 2.75) is 44.7 Å². The summed E-state index contributed by atoms with van der Waals surface area (Å²) in [6, 6.07) is 17.7. The van der Waals surface area contributed by atoms with Crippen LogP contribution in [0.2, 0.25) is 0 Å². The van der Waals surface area contributed by atoms with Crippen LogP contribution >= 0.6 is 11.3 Å². The molecule has 0 radical (unpaired) electrons. The van der Waals surface area contributed by atoms with Gasteiger partial charge in [0.05, 0.1) is 28.7 Å². The van der Waals surface area contributed by atoms with Gasteiger partial charge in [0.1, 0.15) is 26.7 Å². The Kier molecular flexibility index (Phi) is 7.82. The second-order valence-electron chi connectivity index (χ2n) is 10.7. The first-order valence-corrected chi connectivity index (χ1v) is 15.0. The maximum Gasteiger partial charge on any atom is 0.263 e. The molecule has 4 N–H and O–H groups in total. The lowest BCUT2D eigenvalue weighted by Gasteiger charge is -2.30. The van der Waals surface area contributed by atoms with Gasteiger partial charge in [0, 0.05) is 18.3 Å². The number of ether oxygens (including phenoxy) is 1. The number of likely N-dealkylation sites (N-methyl/N-ethyl adjacent to an activating group) is 1. The highest BCUT2D eigenvalue weighted by molar-refractivity contribution is 7.21. The standard InChI is InChI=1S/C32H34N6O3S/c1-19-16-24(41-23-10-5-4-6-11-23)12-13-25(19)38-20(2)35-29-28-26(38)14-15-34-32(28)42-30(29)31(40)37-22-9-7-8-21(17-22)36-27(39)18-33-3/h4-6,10-16,21-22,33,35H,2,7-9,17-18H2,1,3H3,(H,36,39)(H,37,40)/t21?,22-/m0/s1. The van der Waals surface area contributed by atoms with Gasteiger partial charge in [-0.1, -0.05) is 24.8 Å². The lowest BCUT2D eigenvalue weighted by molar-refractivity contribution is -0.121. The van der Waals surface area contributed by atoms with Gasteiger partial charge >= 0.3 is 0 Å². The second-order valence-corrected chi connectivity index (χ2v) is 11.7. The number of hydrogen-bond donors (Lipinski definition) is 4. The van der Waals surface area contributed by atoms with Gasteiger partial charge < -0.3 is 25.7 Å². The number of aromatic amines is 1. The smallest absolute Gasteiger partial charge is 0.263 e. The molecule has 10 heteroatoms. The zero-order valence-corrected chi connectivity index (χ0v) is 24.5. The van der Waals surface area contributed by atoms with E-state index in [2.05, 4.69) is 37.1 Å². The highest BCUT2D eigenvalue weighted by Gasteiger charge is 2.27. The van der Waals surface area contributed by atoms with Crippen molar-refractivity contribution in [2.24, 2.45) is 0 Å². The van der Waals surface area contributed by atoms with E-state index < -0.39 is 0 Å². The van der Waals surface area contributed by atoms with Gasteiger partial charge in [-0.15, -0.1) is 11.3 Å². The molecule has 6 rings (SSSR count). The largest absolute Gasteiger partial charge is 0.457 e. The number of aromatic nitrogens is 3. The molecule has 216 valence electrons. The molecule has 2 amide bonds. The summed E-state index contributed by atoms with van der Waals surface area (Å²) in [6.45, 7) is 6.65. The van der Waals surface area contributed by atoms with Gasteiger partial charge in [0.2, 0.25) is 5.91 Å². The van der Waals surface area contributed by atoms with Gasteiger partial charge in [-0.05, 0) is 81.6 Å². The van der Waals surface area contributed by atoms with Crippen LogP contribution in [-0.4, -0.2) is 52.0 Å². The molecule has 0 aliphatic heterocycles. The van der Waals surface area contributed by atoms with Crippen LogP contribution in [0.5, 0.6) is 11.5 Å². The van der Waals surface area contributed by atoms with Crippen molar-refractivity contribution in [3.8, 4) is 17.2 Å². The Bertz CT molecular complexity index is 1820. The van der Waals surface area contributed by atoms with Crippen LogP contribution < -0.4 is 26.2 Å². The average molecular weight is 583 g/mol. The quantitative estimate of drug-likeness (QED) is 0.211. The highest BCUT2D eigenvalue weighted by Crippen LogP contribution is 2.35. The monoisotopic (exact) mass is 582 g/mol. The lowest BCUT2D eigenvalue weighted by atomic mass is 9.91. The maximum absolute atomic E-state index is 13.6. The van der Waals surface area contributed by atoms with Crippen molar-refractivity contribution in [3.05, 3.63) is 76.7 Å². The Labute approximate surface area is 247 Å². The normalized spacial score (nSPS) is 16.9. The summed E-state index contributed by atoms with van der Waals surface area (Å²) >= 11 is 1.37. The van der Waals surface area contributed by atoms with Crippen molar-refractivity contribution in [1.29, 1.82) is 0 Å². The van der Waals surface area contributed by atoms with Crippen LogP contribution in [-0.2, 0) is 4.79 Å². The summed E-state index contributed by atoms with van der Waals surface area (Å²) in [5, 5.41) is 10.1. The van der Waals surface area contributed by atoms with E-state index in [0.717, 1.165) is 63.3 Å². The molecule has 9 nitrogen and oxygen atoms in total. The maximum atomic E-state index is 13.6. The molecule has 1 saturated carbocycles. The van der Waals surface area contributed by atoms with Crippen LogP contribution in [0.1, 0.15) is 40.9 Å². The molecule has 1 aliphatic carbocycles. The number of thiophene rings is 1. The second kappa shape index (κ2) is 11.8. The summed E-state index contributed by atoms with van der Waals surface area (Å²) in [5.41, 5.74) is 4.26. The Morgan fingerprint density at radius 1 is 1.10 bits per heavy atom. The summed E-state index contributed by atoms with van der Waals surface area (Å²) in [4.78, 5) is 35.0. The summed E-state index contributed by atoms with van der Waals surface area (Å²) in [5.74, 6) is 1.36. The van der Waals surface area contributed by atoms with Crippen LogP contribution in [0.4, 0.5) is 0 Å². The Hall–Kier alpha value is -4.41. The molecule has 2 aromatic carbocycles. The van der Waals surface area contributed by atoms with Crippen molar-refractivity contribution in [1.82, 2.24) is 30.5 Å². The van der Waals surface area contributed by atoms with Crippen molar-refractivity contribution < 1.29 is 14.3 Å². The van der Waals surface area contributed by atoms with Gasteiger partial charge in [-0.25, -0.2) is 4.98 Å². The molecule has 3 aromatic heterocycles. The number of para-hydroxylation sites is 1.